The Kier molecular flexibility index (Phi) is 8.30. The van der Waals surface area contributed by atoms with Crippen LogP contribution in [0.3, 0.4) is 0 Å². The van der Waals surface area contributed by atoms with Crippen molar-refractivity contribution in [3.63, 3.8) is 0 Å². The molecule has 16 heavy (non-hydrogen) atoms. The molecule has 1 rings (SSSR count). The maximum Gasteiger partial charge on any atom is 0.133 e. The van der Waals surface area contributed by atoms with Gasteiger partial charge in [0.15, 0.2) is 0 Å². The van der Waals surface area contributed by atoms with Crippen molar-refractivity contribution in [2.24, 2.45) is 0 Å². The third kappa shape index (κ3) is 6.13. The first-order chi connectivity index (χ1) is 7.52. The summed E-state index contributed by atoms with van der Waals surface area (Å²) in [5.74, 6) is 0. The van der Waals surface area contributed by atoms with Gasteiger partial charge in [-0.3, -0.25) is 0 Å². The molecule has 0 fully saturated rings. The summed E-state index contributed by atoms with van der Waals surface area (Å²) in [5.41, 5.74) is 2.74. The number of thiol groups is 1. The Hall–Kier alpha value is -0.540. The molecule has 1 nitrogen and oxygen atoms in total. The van der Waals surface area contributed by atoms with Gasteiger partial charge in [-0.25, -0.2) is 0 Å². The Balaban J connectivity index is 0.000000281. The van der Waals surface area contributed by atoms with Gasteiger partial charge >= 0.3 is 0 Å². The van der Waals surface area contributed by atoms with Gasteiger partial charge in [-0.1, -0.05) is 36.5 Å². The second-order valence-electron chi connectivity index (χ2n) is 3.54. The van der Waals surface area contributed by atoms with Crippen LogP contribution in [0.5, 0.6) is 0 Å². The third-order valence-electron chi connectivity index (χ3n) is 2.46. The minimum atomic E-state index is 0.690. The predicted molar refractivity (Wildman–Crippen MR) is 80.4 cm³/mol. The van der Waals surface area contributed by atoms with Crippen LogP contribution in [0.1, 0.15) is 25.0 Å². The molecular formula is C13H21NS2. The highest BCUT2D eigenvalue weighted by atomic mass is 32.1. The molecule has 0 amide bonds. The van der Waals surface area contributed by atoms with E-state index in [1.165, 1.54) is 11.1 Å². The Morgan fingerprint density at radius 3 is 1.62 bits per heavy atom. The van der Waals surface area contributed by atoms with Gasteiger partial charge in [0.1, 0.15) is 4.32 Å². The Bertz CT molecular complexity index is 298. The molecule has 0 saturated carbocycles. The number of hydrogen-bond acceptors (Lipinski definition) is 1. The zero-order valence-electron chi connectivity index (χ0n) is 10.5. The largest absolute Gasteiger partial charge is 0.358 e. The van der Waals surface area contributed by atoms with Crippen molar-refractivity contribution in [1.82, 2.24) is 4.90 Å². The smallest absolute Gasteiger partial charge is 0.133 e. The Labute approximate surface area is 110 Å². The monoisotopic (exact) mass is 255 g/mol. The van der Waals surface area contributed by atoms with E-state index in [9.17, 15) is 0 Å². The van der Waals surface area contributed by atoms with Gasteiger partial charge in [-0.2, -0.15) is 0 Å². The van der Waals surface area contributed by atoms with Crippen LogP contribution in [0.25, 0.3) is 0 Å². The first-order valence-electron chi connectivity index (χ1n) is 5.53. The highest BCUT2D eigenvalue weighted by Gasteiger charge is 1.96. The second-order valence-corrected chi connectivity index (χ2v) is 4.65. The van der Waals surface area contributed by atoms with Crippen molar-refractivity contribution < 1.29 is 0 Å². The average molecular weight is 255 g/mol. The second kappa shape index (κ2) is 8.59. The van der Waals surface area contributed by atoms with E-state index in [1.807, 2.05) is 4.90 Å². The van der Waals surface area contributed by atoms with Gasteiger partial charge in [0.2, 0.25) is 0 Å². The minimum absolute atomic E-state index is 0.690. The third-order valence-corrected chi connectivity index (χ3v) is 3.00. The van der Waals surface area contributed by atoms with E-state index in [0.717, 1.165) is 13.1 Å². The molecule has 0 spiro atoms. The molecular weight excluding hydrogens is 234 g/mol. The zero-order chi connectivity index (χ0) is 12.6. The summed E-state index contributed by atoms with van der Waals surface area (Å²) < 4.78 is 0.690. The molecule has 0 saturated heterocycles. The molecule has 0 aliphatic heterocycles. The molecule has 0 radical (unpaired) electrons. The van der Waals surface area contributed by atoms with Crippen LogP contribution in [-0.4, -0.2) is 22.3 Å². The molecule has 0 N–H and O–H groups in total. The van der Waals surface area contributed by atoms with E-state index in [0.29, 0.717) is 4.32 Å². The summed E-state index contributed by atoms with van der Waals surface area (Å²) in [5, 5.41) is 0. The SMILES string of the molecule is CCN(CC)C(=S)S.Cc1ccccc1C. The van der Waals surface area contributed by atoms with Crippen LogP contribution in [-0.2, 0) is 0 Å². The lowest BCUT2D eigenvalue weighted by molar-refractivity contribution is 0.482. The van der Waals surface area contributed by atoms with E-state index in [2.05, 4.69) is 64.6 Å². The van der Waals surface area contributed by atoms with Crippen molar-refractivity contribution in [3.8, 4) is 0 Å². The number of benzene rings is 1. The van der Waals surface area contributed by atoms with E-state index in [1.54, 1.807) is 0 Å². The van der Waals surface area contributed by atoms with Crippen LogP contribution in [0.2, 0.25) is 0 Å². The number of thiocarbonyl (C=S) groups is 1. The fourth-order valence-electron chi connectivity index (χ4n) is 1.16. The molecule has 3 heteroatoms. The Morgan fingerprint density at radius 1 is 1.12 bits per heavy atom. The highest BCUT2D eigenvalue weighted by molar-refractivity contribution is 8.10. The van der Waals surface area contributed by atoms with Gasteiger partial charge in [0, 0.05) is 13.1 Å². The zero-order valence-corrected chi connectivity index (χ0v) is 12.2. The van der Waals surface area contributed by atoms with E-state index in [-0.39, 0.29) is 0 Å². The molecule has 1 aromatic carbocycles. The normalized spacial score (nSPS) is 9.06. The molecule has 0 aliphatic rings. The van der Waals surface area contributed by atoms with Crippen LogP contribution in [0, 0.1) is 13.8 Å². The maximum absolute atomic E-state index is 4.81. The molecule has 0 heterocycles. The van der Waals surface area contributed by atoms with Gasteiger partial charge in [0.25, 0.3) is 0 Å². The summed E-state index contributed by atoms with van der Waals surface area (Å²) in [6.45, 7) is 10.3. The summed E-state index contributed by atoms with van der Waals surface area (Å²) in [6, 6.07) is 8.36. The van der Waals surface area contributed by atoms with Gasteiger partial charge in [0.05, 0.1) is 0 Å². The van der Waals surface area contributed by atoms with Crippen LogP contribution in [0.4, 0.5) is 0 Å². The van der Waals surface area contributed by atoms with E-state index < -0.39 is 0 Å². The molecule has 0 aromatic heterocycles. The Morgan fingerprint density at radius 2 is 1.50 bits per heavy atom. The lowest BCUT2D eigenvalue weighted by Crippen LogP contribution is -2.24. The highest BCUT2D eigenvalue weighted by Crippen LogP contribution is 2.02. The predicted octanol–water partition coefficient (Wildman–Crippen LogP) is 3.85. The molecule has 0 bridgehead atoms. The number of aryl methyl sites for hydroxylation is 2. The lowest BCUT2D eigenvalue weighted by Gasteiger charge is -2.16. The summed E-state index contributed by atoms with van der Waals surface area (Å²) in [4.78, 5) is 2.01. The van der Waals surface area contributed by atoms with Crippen molar-refractivity contribution in [3.05, 3.63) is 35.4 Å². The van der Waals surface area contributed by atoms with Crippen molar-refractivity contribution in [2.75, 3.05) is 13.1 Å². The molecule has 90 valence electrons. The summed E-state index contributed by atoms with van der Waals surface area (Å²) in [7, 11) is 0. The quantitative estimate of drug-likeness (QED) is 0.632. The number of hydrogen-bond donors (Lipinski definition) is 1. The van der Waals surface area contributed by atoms with Crippen LogP contribution < -0.4 is 0 Å². The van der Waals surface area contributed by atoms with Crippen LogP contribution in [0.15, 0.2) is 24.3 Å². The minimum Gasteiger partial charge on any atom is -0.358 e. The first-order valence-corrected chi connectivity index (χ1v) is 6.38. The van der Waals surface area contributed by atoms with Crippen molar-refractivity contribution in [2.45, 2.75) is 27.7 Å². The van der Waals surface area contributed by atoms with Crippen molar-refractivity contribution >= 4 is 29.2 Å². The number of rotatable bonds is 2. The van der Waals surface area contributed by atoms with Crippen LogP contribution >= 0.6 is 24.8 Å². The average Bonchev–Trinajstić information content (AvgIpc) is 2.25. The van der Waals surface area contributed by atoms with Gasteiger partial charge < -0.3 is 4.90 Å². The van der Waals surface area contributed by atoms with E-state index >= 15 is 0 Å². The lowest BCUT2D eigenvalue weighted by atomic mass is 10.1. The maximum atomic E-state index is 4.81. The number of nitrogens with zero attached hydrogens (tertiary/aromatic N) is 1. The topological polar surface area (TPSA) is 3.24 Å². The van der Waals surface area contributed by atoms with Gasteiger partial charge in [-0.15, -0.1) is 12.6 Å². The molecule has 0 unspecified atom stereocenters. The standard InChI is InChI=1S/C8H10.C5H11NS2/c1-7-5-3-4-6-8(7)2;1-3-6(4-2)5(7)8/h3-6H,1-2H3;3-4H2,1-2H3,(H,7,8). The van der Waals surface area contributed by atoms with Crippen molar-refractivity contribution in [1.29, 1.82) is 0 Å². The fourth-order valence-corrected chi connectivity index (χ4v) is 1.70. The first kappa shape index (κ1) is 15.5. The van der Waals surface area contributed by atoms with Gasteiger partial charge in [-0.05, 0) is 38.8 Å². The molecule has 1 aromatic rings. The molecule has 0 aliphatic carbocycles. The molecule has 0 atom stereocenters. The summed E-state index contributed by atoms with van der Waals surface area (Å²) >= 11 is 8.82. The summed E-state index contributed by atoms with van der Waals surface area (Å²) in [6.07, 6.45) is 0. The fraction of sp³-hybridized carbons (Fsp3) is 0.462. The van der Waals surface area contributed by atoms with E-state index in [4.69, 9.17) is 12.2 Å².